The number of sulfonamides is 1. The van der Waals surface area contributed by atoms with Crippen LogP contribution in [0.3, 0.4) is 0 Å². The summed E-state index contributed by atoms with van der Waals surface area (Å²) in [6.45, 7) is -0.257. The molecule has 1 fully saturated rings. The fraction of sp³-hybridized carbons (Fsp3) is 0.294. The maximum atomic E-state index is 13.7. The zero-order valence-electron chi connectivity index (χ0n) is 14.5. The first-order valence-electron chi connectivity index (χ1n) is 8.55. The maximum Gasteiger partial charge on any atom is 0.346 e. The number of nitrogens with zero attached hydrogens (tertiary/aromatic N) is 3. The molecule has 2 aromatic heterocycles. The Kier molecular flexibility index (Phi) is 4.63. The fourth-order valence-electron chi connectivity index (χ4n) is 2.86. The Morgan fingerprint density at radius 3 is 2.68 bits per heavy atom. The molecule has 0 atom stereocenters. The van der Waals surface area contributed by atoms with Crippen molar-refractivity contribution in [1.82, 2.24) is 19.1 Å². The molecule has 4 rings (SSSR count). The molecular weight excluding hydrogens is 394 g/mol. The van der Waals surface area contributed by atoms with Crippen molar-refractivity contribution >= 4 is 10.0 Å². The summed E-state index contributed by atoms with van der Waals surface area (Å²) in [6.07, 6.45) is 3.19. The van der Waals surface area contributed by atoms with E-state index in [-0.39, 0.29) is 24.8 Å². The van der Waals surface area contributed by atoms with Crippen LogP contribution in [0.1, 0.15) is 18.9 Å². The predicted octanol–water partition coefficient (Wildman–Crippen LogP) is 1.90. The number of furan rings is 1. The molecule has 0 radical (unpaired) electrons. The average molecular weight is 410 g/mol. The zero-order valence-corrected chi connectivity index (χ0v) is 15.3. The molecule has 2 heterocycles. The molecule has 0 bridgehead atoms. The molecule has 0 unspecified atom stereocenters. The van der Waals surface area contributed by atoms with E-state index in [1.807, 2.05) is 0 Å². The molecule has 0 amide bonds. The predicted molar refractivity (Wildman–Crippen MR) is 94.0 cm³/mol. The van der Waals surface area contributed by atoms with Crippen molar-refractivity contribution in [3.63, 3.8) is 0 Å². The van der Waals surface area contributed by atoms with Crippen molar-refractivity contribution in [3.05, 3.63) is 58.7 Å². The van der Waals surface area contributed by atoms with E-state index in [4.69, 9.17) is 4.42 Å². The first kappa shape index (κ1) is 18.6. The summed E-state index contributed by atoms with van der Waals surface area (Å²) in [5.74, 6) is -1.25. The highest BCUT2D eigenvalue weighted by atomic mass is 32.2. The van der Waals surface area contributed by atoms with E-state index in [9.17, 15) is 22.0 Å². The van der Waals surface area contributed by atoms with Gasteiger partial charge in [-0.2, -0.15) is 0 Å². The van der Waals surface area contributed by atoms with E-state index in [2.05, 4.69) is 9.82 Å². The zero-order chi connectivity index (χ0) is 19.9. The summed E-state index contributed by atoms with van der Waals surface area (Å²) < 4.78 is 61.3. The maximum absolute atomic E-state index is 13.7. The molecule has 1 N–H and O–H groups in total. The van der Waals surface area contributed by atoms with Crippen molar-refractivity contribution in [3.8, 4) is 11.6 Å². The Balaban J connectivity index is 1.53. The van der Waals surface area contributed by atoms with Crippen LogP contribution in [0.2, 0.25) is 0 Å². The second kappa shape index (κ2) is 6.99. The lowest BCUT2D eigenvalue weighted by Crippen LogP contribution is -2.32. The Hall–Kier alpha value is -2.79. The second-order valence-electron chi connectivity index (χ2n) is 6.38. The molecule has 11 heteroatoms. The smallest absolute Gasteiger partial charge is 0.346 e. The first-order valence-corrected chi connectivity index (χ1v) is 10.0. The van der Waals surface area contributed by atoms with E-state index < -0.39 is 26.6 Å². The van der Waals surface area contributed by atoms with Crippen LogP contribution in [0.4, 0.5) is 8.78 Å². The van der Waals surface area contributed by atoms with E-state index in [0.29, 0.717) is 17.7 Å². The lowest BCUT2D eigenvalue weighted by atomic mass is 10.3. The van der Waals surface area contributed by atoms with Crippen LogP contribution in [0.25, 0.3) is 11.6 Å². The van der Waals surface area contributed by atoms with Gasteiger partial charge in [0.05, 0.1) is 12.8 Å². The molecule has 1 aliphatic rings. The van der Waals surface area contributed by atoms with Gasteiger partial charge in [-0.15, -0.1) is 5.10 Å². The van der Waals surface area contributed by atoms with Crippen molar-refractivity contribution in [2.24, 2.45) is 0 Å². The highest BCUT2D eigenvalue weighted by Crippen LogP contribution is 2.36. The second-order valence-corrected chi connectivity index (χ2v) is 8.12. The summed E-state index contributed by atoms with van der Waals surface area (Å²) in [5.41, 5.74) is -0.374. The van der Waals surface area contributed by atoms with Crippen LogP contribution in [0.5, 0.6) is 0 Å². The highest BCUT2D eigenvalue weighted by molar-refractivity contribution is 7.89. The molecule has 28 heavy (non-hydrogen) atoms. The van der Waals surface area contributed by atoms with Crippen molar-refractivity contribution in [2.45, 2.75) is 30.3 Å². The van der Waals surface area contributed by atoms with Crippen LogP contribution in [-0.4, -0.2) is 29.3 Å². The van der Waals surface area contributed by atoms with Crippen LogP contribution in [-0.2, 0) is 16.6 Å². The number of hydrogen-bond donors (Lipinski definition) is 1. The molecule has 0 spiro atoms. The fourth-order valence-corrected chi connectivity index (χ4v) is 3.94. The van der Waals surface area contributed by atoms with Crippen molar-refractivity contribution < 1.29 is 21.6 Å². The molecule has 148 valence electrons. The Morgan fingerprint density at radius 2 is 2.04 bits per heavy atom. The average Bonchev–Trinajstić information content (AvgIpc) is 3.20. The molecule has 1 saturated carbocycles. The molecule has 1 aromatic carbocycles. The Morgan fingerprint density at radius 1 is 1.25 bits per heavy atom. The summed E-state index contributed by atoms with van der Waals surface area (Å²) >= 11 is 0. The molecular formula is C17H16F2N4O4S. The van der Waals surface area contributed by atoms with Gasteiger partial charge in [0.1, 0.15) is 16.5 Å². The highest BCUT2D eigenvalue weighted by Gasteiger charge is 2.31. The first-order chi connectivity index (χ1) is 13.4. The number of benzene rings is 1. The number of hydrogen-bond acceptors (Lipinski definition) is 5. The largest absolute Gasteiger partial charge is 0.461 e. The number of halogens is 2. The minimum Gasteiger partial charge on any atom is -0.461 e. The van der Waals surface area contributed by atoms with Gasteiger partial charge in [0, 0.05) is 18.7 Å². The third-order valence-electron chi connectivity index (χ3n) is 4.32. The van der Waals surface area contributed by atoms with Gasteiger partial charge in [-0.05, 0) is 37.1 Å². The number of aromatic nitrogens is 3. The standard InChI is InChI=1S/C17H16F2N4O4S/c18-11-3-6-15(13(19)10-11)28(25,26)20-7-8-22-17(24)23(12-4-5-12)16(21-22)14-2-1-9-27-14/h1-3,6,9-10,12,20H,4-5,7-8H2. The number of rotatable bonds is 7. The topological polar surface area (TPSA) is 99.1 Å². The quantitative estimate of drug-likeness (QED) is 0.641. The Bertz CT molecular complexity index is 1160. The Labute approximate surface area is 158 Å². The van der Waals surface area contributed by atoms with Crippen molar-refractivity contribution in [1.29, 1.82) is 0 Å². The van der Waals surface area contributed by atoms with Crippen LogP contribution in [0.15, 0.2) is 50.7 Å². The van der Waals surface area contributed by atoms with Gasteiger partial charge in [-0.3, -0.25) is 4.57 Å². The summed E-state index contributed by atoms with van der Waals surface area (Å²) in [7, 11) is -4.20. The van der Waals surface area contributed by atoms with Gasteiger partial charge in [0.15, 0.2) is 5.76 Å². The lowest BCUT2D eigenvalue weighted by Gasteiger charge is -2.07. The van der Waals surface area contributed by atoms with Gasteiger partial charge >= 0.3 is 5.69 Å². The van der Waals surface area contributed by atoms with Crippen LogP contribution >= 0.6 is 0 Å². The minimum atomic E-state index is -4.20. The van der Waals surface area contributed by atoms with Crippen LogP contribution < -0.4 is 10.4 Å². The van der Waals surface area contributed by atoms with Gasteiger partial charge < -0.3 is 4.42 Å². The number of nitrogens with one attached hydrogen (secondary N) is 1. The SMILES string of the molecule is O=c1n(CCNS(=O)(=O)c2ccc(F)cc2F)nc(-c2ccco2)n1C1CC1. The van der Waals surface area contributed by atoms with E-state index in [0.717, 1.165) is 29.7 Å². The van der Waals surface area contributed by atoms with Gasteiger partial charge in [-0.25, -0.2) is 31.4 Å². The normalized spacial score (nSPS) is 14.5. The van der Waals surface area contributed by atoms with Crippen LogP contribution in [0, 0.1) is 11.6 Å². The van der Waals surface area contributed by atoms with E-state index >= 15 is 0 Å². The molecule has 0 saturated heterocycles. The monoisotopic (exact) mass is 410 g/mol. The molecule has 1 aliphatic carbocycles. The van der Waals surface area contributed by atoms with Gasteiger partial charge in [0.25, 0.3) is 0 Å². The van der Waals surface area contributed by atoms with Crippen molar-refractivity contribution in [2.75, 3.05) is 6.54 Å². The molecule has 0 aliphatic heterocycles. The van der Waals surface area contributed by atoms with E-state index in [1.54, 1.807) is 12.1 Å². The molecule has 3 aromatic rings. The minimum absolute atomic E-state index is 0.0475. The summed E-state index contributed by atoms with van der Waals surface area (Å²) in [4.78, 5) is 12.0. The van der Waals surface area contributed by atoms with Gasteiger partial charge in [-0.1, -0.05) is 0 Å². The van der Waals surface area contributed by atoms with E-state index in [1.165, 1.54) is 10.8 Å². The third kappa shape index (κ3) is 3.50. The molecule has 8 nitrogen and oxygen atoms in total. The summed E-state index contributed by atoms with van der Waals surface area (Å²) in [6, 6.07) is 5.61. The van der Waals surface area contributed by atoms with Gasteiger partial charge in [0.2, 0.25) is 15.8 Å². The summed E-state index contributed by atoms with van der Waals surface area (Å²) in [5, 5.41) is 4.25. The third-order valence-corrected chi connectivity index (χ3v) is 5.82. The lowest BCUT2D eigenvalue weighted by molar-refractivity contribution is 0.531.